The fraction of sp³-hybridized carbons (Fsp3) is 0.304. The third-order valence-electron chi connectivity index (χ3n) is 5.39. The lowest BCUT2D eigenvalue weighted by Gasteiger charge is -2.36. The first-order valence-electron chi connectivity index (χ1n) is 9.89. The lowest BCUT2D eigenvalue weighted by atomic mass is 10.0. The van der Waals surface area contributed by atoms with Crippen molar-refractivity contribution in [3.05, 3.63) is 59.9 Å². The standard InChI is InChI=1S/C23H25N3O4/c1-16-21(22(24-30-16)17-7-5-4-6-8-17)23(27)26-11-9-25(10-12-26)18-13-19(28-2)15-20(14-18)29-3/h4-8,13-15H,9-12H2,1-3H3. The van der Waals surface area contributed by atoms with Crippen molar-refractivity contribution in [2.24, 2.45) is 0 Å². The molecule has 0 unspecified atom stereocenters. The first-order valence-corrected chi connectivity index (χ1v) is 9.89. The Kier molecular flexibility index (Phi) is 5.61. The number of methoxy groups -OCH3 is 2. The summed E-state index contributed by atoms with van der Waals surface area (Å²) in [6.07, 6.45) is 0. The van der Waals surface area contributed by atoms with Gasteiger partial charge in [-0.2, -0.15) is 0 Å². The van der Waals surface area contributed by atoms with Gasteiger partial charge in [-0.15, -0.1) is 0 Å². The number of rotatable bonds is 5. The van der Waals surface area contributed by atoms with Crippen LogP contribution < -0.4 is 14.4 Å². The van der Waals surface area contributed by atoms with Crippen molar-refractivity contribution in [2.75, 3.05) is 45.3 Å². The molecule has 0 aliphatic carbocycles. The monoisotopic (exact) mass is 407 g/mol. The van der Waals surface area contributed by atoms with E-state index in [-0.39, 0.29) is 5.91 Å². The van der Waals surface area contributed by atoms with Gasteiger partial charge in [0.1, 0.15) is 28.5 Å². The Morgan fingerprint density at radius 1 is 0.967 bits per heavy atom. The summed E-state index contributed by atoms with van der Waals surface area (Å²) in [6, 6.07) is 15.5. The van der Waals surface area contributed by atoms with E-state index in [1.54, 1.807) is 21.1 Å². The van der Waals surface area contributed by atoms with Gasteiger partial charge in [0.15, 0.2) is 0 Å². The minimum absolute atomic E-state index is 0.0459. The van der Waals surface area contributed by atoms with Crippen molar-refractivity contribution in [3.8, 4) is 22.8 Å². The second-order valence-electron chi connectivity index (χ2n) is 7.18. The molecular weight excluding hydrogens is 382 g/mol. The quantitative estimate of drug-likeness (QED) is 0.643. The van der Waals surface area contributed by atoms with Crippen molar-refractivity contribution in [3.63, 3.8) is 0 Å². The van der Waals surface area contributed by atoms with Crippen molar-refractivity contribution in [1.82, 2.24) is 10.1 Å². The van der Waals surface area contributed by atoms with Crippen LogP contribution in [0.15, 0.2) is 53.1 Å². The van der Waals surface area contributed by atoms with Crippen LogP contribution in [0.4, 0.5) is 5.69 Å². The van der Waals surface area contributed by atoms with Crippen LogP contribution in [0.2, 0.25) is 0 Å². The second-order valence-corrected chi connectivity index (χ2v) is 7.18. The first-order chi connectivity index (χ1) is 14.6. The van der Waals surface area contributed by atoms with Crippen LogP contribution >= 0.6 is 0 Å². The molecule has 0 radical (unpaired) electrons. The molecule has 1 aliphatic rings. The fourth-order valence-corrected chi connectivity index (χ4v) is 3.72. The molecule has 0 spiro atoms. The van der Waals surface area contributed by atoms with E-state index in [0.717, 1.165) is 22.7 Å². The number of carbonyl (C=O) groups excluding carboxylic acids is 1. The summed E-state index contributed by atoms with van der Waals surface area (Å²) in [4.78, 5) is 17.4. The Labute approximate surface area is 175 Å². The molecule has 0 atom stereocenters. The molecule has 156 valence electrons. The third-order valence-corrected chi connectivity index (χ3v) is 5.39. The zero-order chi connectivity index (χ0) is 21.1. The molecular formula is C23H25N3O4. The predicted octanol–water partition coefficient (Wildman–Crippen LogP) is 3.63. The maximum atomic E-state index is 13.3. The summed E-state index contributed by atoms with van der Waals surface area (Å²) >= 11 is 0. The lowest BCUT2D eigenvalue weighted by molar-refractivity contribution is 0.0745. The summed E-state index contributed by atoms with van der Waals surface area (Å²) in [7, 11) is 3.28. The van der Waals surface area contributed by atoms with Crippen LogP contribution in [0.5, 0.6) is 11.5 Å². The Balaban J connectivity index is 1.51. The van der Waals surface area contributed by atoms with Gasteiger partial charge in [-0.1, -0.05) is 35.5 Å². The molecule has 1 aliphatic heterocycles. The number of piperazine rings is 1. The zero-order valence-corrected chi connectivity index (χ0v) is 17.4. The minimum atomic E-state index is -0.0459. The van der Waals surface area contributed by atoms with E-state index in [0.29, 0.717) is 43.2 Å². The number of carbonyl (C=O) groups is 1. The molecule has 1 aromatic heterocycles. The third kappa shape index (κ3) is 3.83. The molecule has 2 aromatic carbocycles. The predicted molar refractivity (Wildman–Crippen MR) is 114 cm³/mol. The molecule has 30 heavy (non-hydrogen) atoms. The number of aryl methyl sites for hydroxylation is 1. The molecule has 3 aromatic rings. The second kappa shape index (κ2) is 8.49. The molecule has 7 heteroatoms. The molecule has 1 saturated heterocycles. The van der Waals surface area contributed by atoms with Gasteiger partial charge < -0.3 is 23.8 Å². The SMILES string of the molecule is COc1cc(OC)cc(N2CCN(C(=O)c3c(-c4ccccc4)noc3C)CC2)c1. The van der Waals surface area contributed by atoms with E-state index in [2.05, 4.69) is 10.1 Å². The molecule has 4 rings (SSSR count). The largest absolute Gasteiger partial charge is 0.497 e. The molecule has 0 bridgehead atoms. The van der Waals surface area contributed by atoms with Crippen molar-refractivity contribution < 1.29 is 18.8 Å². The highest BCUT2D eigenvalue weighted by molar-refractivity contribution is 6.00. The van der Waals surface area contributed by atoms with Gasteiger partial charge in [-0.05, 0) is 6.92 Å². The highest BCUT2D eigenvalue weighted by Crippen LogP contribution is 2.30. The van der Waals surface area contributed by atoms with Gasteiger partial charge in [0.25, 0.3) is 5.91 Å². The van der Waals surface area contributed by atoms with Crippen LogP contribution in [0, 0.1) is 6.92 Å². The van der Waals surface area contributed by atoms with Gasteiger partial charge in [0.2, 0.25) is 0 Å². The number of hydrogen-bond donors (Lipinski definition) is 0. The zero-order valence-electron chi connectivity index (χ0n) is 17.4. The van der Waals surface area contributed by atoms with E-state index in [1.165, 1.54) is 0 Å². The van der Waals surface area contributed by atoms with Crippen LogP contribution in [-0.4, -0.2) is 56.4 Å². The van der Waals surface area contributed by atoms with Gasteiger partial charge >= 0.3 is 0 Å². The van der Waals surface area contributed by atoms with Crippen LogP contribution in [0.25, 0.3) is 11.3 Å². The maximum Gasteiger partial charge on any atom is 0.259 e. The van der Waals surface area contributed by atoms with E-state index in [1.807, 2.05) is 53.4 Å². The number of benzene rings is 2. The van der Waals surface area contributed by atoms with Gasteiger partial charge in [-0.25, -0.2) is 0 Å². The Morgan fingerprint density at radius 2 is 1.60 bits per heavy atom. The van der Waals surface area contributed by atoms with Crippen LogP contribution in [0.1, 0.15) is 16.1 Å². The molecule has 2 heterocycles. The highest BCUT2D eigenvalue weighted by atomic mass is 16.5. The molecule has 1 amide bonds. The van der Waals surface area contributed by atoms with Gasteiger partial charge in [0, 0.05) is 55.6 Å². The Hall–Kier alpha value is -3.48. The number of hydrogen-bond acceptors (Lipinski definition) is 6. The Morgan fingerprint density at radius 3 is 2.20 bits per heavy atom. The maximum absolute atomic E-state index is 13.3. The first kappa shape index (κ1) is 19.8. The van der Waals surface area contributed by atoms with E-state index in [4.69, 9.17) is 14.0 Å². The Bertz CT molecular complexity index is 1000. The topological polar surface area (TPSA) is 68.0 Å². The highest BCUT2D eigenvalue weighted by Gasteiger charge is 2.29. The molecule has 0 N–H and O–H groups in total. The van der Waals surface area contributed by atoms with E-state index < -0.39 is 0 Å². The number of ether oxygens (including phenoxy) is 2. The fourth-order valence-electron chi connectivity index (χ4n) is 3.72. The summed E-state index contributed by atoms with van der Waals surface area (Å²) < 4.78 is 16.1. The van der Waals surface area contributed by atoms with E-state index in [9.17, 15) is 4.79 Å². The number of aromatic nitrogens is 1. The smallest absolute Gasteiger partial charge is 0.259 e. The lowest BCUT2D eigenvalue weighted by Crippen LogP contribution is -2.49. The molecule has 0 saturated carbocycles. The average Bonchev–Trinajstić information content (AvgIpc) is 3.20. The minimum Gasteiger partial charge on any atom is -0.497 e. The van der Waals surface area contributed by atoms with Crippen molar-refractivity contribution in [2.45, 2.75) is 6.92 Å². The summed E-state index contributed by atoms with van der Waals surface area (Å²) in [5.74, 6) is 1.99. The van der Waals surface area contributed by atoms with Crippen molar-refractivity contribution >= 4 is 11.6 Å². The van der Waals surface area contributed by atoms with E-state index >= 15 is 0 Å². The number of amides is 1. The molecule has 1 fully saturated rings. The summed E-state index contributed by atoms with van der Waals surface area (Å²) in [6.45, 7) is 4.43. The van der Waals surface area contributed by atoms with Crippen LogP contribution in [-0.2, 0) is 0 Å². The molecule has 7 nitrogen and oxygen atoms in total. The van der Waals surface area contributed by atoms with Gasteiger partial charge in [-0.3, -0.25) is 4.79 Å². The number of anilines is 1. The summed E-state index contributed by atoms with van der Waals surface area (Å²) in [5, 5.41) is 4.14. The van der Waals surface area contributed by atoms with Gasteiger partial charge in [0.05, 0.1) is 14.2 Å². The van der Waals surface area contributed by atoms with Crippen molar-refractivity contribution in [1.29, 1.82) is 0 Å². The average molecular weight is 407 g/mol. The normalized spacial score (nSPS) is 14.0. The number of nitrogens with zero attached hydrogens (tertiary/aromatic N) is 3. The summed E-state index contributed by atoms with van der Waals surface area (Å²) in [5.41, 5.74) is 3.03. The van der Waals surface area contributed by atoms with Crippen LogP contribution in [0.3, 0.4) is 0 Å².